The summed E-state index contributed by atoms with van der Waals surface area (Å²) in [7, 11) is 0. The van der Waals surface area contributed by atoms with Crippen molar-refractivity contribution in [3.63, 3.8) is 0 Å². The summed E-state index contributed by atoms with van der Waals surface area (Å²) in [5.74, 6) is 7.49. The maximum Gasteiger partial charge on any atom is 0.0601 e. The first kappa shape index (κ1) is 15.8. The molecule has 3 rings (SSSR count). The number of piperidine rings is 1. The highest BCUT2D eigenvalue weighted by atomic mass is 15.1. The van der Waals surface area contributed by atoms with Crippen LogP contribution in [0.2, 0.25) is 0 Å². The van der Waals surface area contributed by atoms with Crippen LogP contribution in [0.15, 0.2) is 60.7 Å². The van der Waals surface area contributed by atoms with Crippen LogP contribution in [-0.2, 0) is 12.8 Å². The van der Waals surface area contributed by atoms with E-state index in [0.29, 0.717) is 0 Å². The van der Waals surface area contributed by atoms with E-state index in [4.69, 9.17) is 0 Å². The van der Waals surface area contributed by atoms with E-state index >= 15 is 0 Å². The van der Waals surface area contributed by atoms with Crippen molar-refractivity contribution in [2.24, 2.45) is 5.92 Å². The van der Waals surface area contributed by atoms with Gasteiger partial charge in [-0.25, -0.2) is 0 Å². The van der Waals surface area contributed by atoms with Crippen LogP contribution >= 0.6 is 0 Å². The van der Waals surface area contributed by atoms with E-state index in [2.05, 4.69) is 77.4 Å². The van der Waals surface area contributed by atoms with Gasteiger partial charge in [-0.1, -0.05) is 72.5 Å². The highest BCUT2D eigenvalue weighted by Gasteiger charge is 2.18. The SMILES string of the molecule is C(#CCN1CCC(Cc2ccccc2)CC1)Cc1ccccc1. The third-order valence-corrected chi connectivity index (χ3v) is 4.64. The minimum Gasteiger partial charge on any atom is -0.292 e. The summed E-state index contributed by atoms with van der Waals surface area (Å²) in [6.45, 7) is 3.31. The fourth-order valence-corrected chi connectivity index (χ4v) is 3.22. The van der Waals surface area contributed by atoms with Gasteiger partial charge in [0.1, 0.15) is 0 Å². The van der Waals surface area contributed by atoms with Gasteiger partial charge in [-0.3, -0.25) is 4.90 Å². The van der Waals surface area contributed by atoms with E-state index in [9.17, 15) is 0 Å². The molecular formula is C22H25N. The van der Waals surface area contributed by atoms with Gasteiger partial charge in [0.15, 0.2) is 0 Å². The molecule has 0 bridgehead atoms. The van der Waals surface area contributed by atoms with Gasteiger partial charge in [-0.2, -0.15) is 0 Å². The van der Waals surface area contributed by atoms with Crippen molar-refractivity contribution in [1.82, 2.24) is 4.90 Å². The molecule has 0 aliphatic carbocycles. The lowest BCUT2D eigenvalue weighted by Gasteiger charge is -2.30. The molecule has 0 aromatic heterocycles. The molecule has 118 valence electrons. The summed E-state index contributed by atoms with van der Waals surface area (Å²) in [4.78, 5) is 2.50. The summed E-state index contributed by atoms with van der Waals surface area (Å²) in [6.07, 6.45) is 4.70. The van der Waals surface area contributed by atoms with Gasteiger partial charge in [-0.15, -0.1) is 0 Å². The molecule has 1 saturated heterocycles. The second-order valence-electron chi connectivity index (χ2n) is 6.43. The first-order valence-corrected chi connectivity index (χ1v) is 8.66. The molecular weight excluding hydrogens is 278 g/mol. The highest BCUT2D eigenvalue weighted by molar-refractivity contribution is 5.21. The zero-order valence-electron chi connectivity index (χ0n) is 13.7. The van der Waals surface area contributed by atoms with Crippen molar-refractivity contribution in [3.8, 4) is 11.8 Å². The predicted molar refractivity (Wildman–Crippen MR) is 97.2 cm³/mol. The zero-order valence-corrected chi connectivity index (χ0v) is 13.7. The third-order valence-electron chi connectivity index (χ3n) is 4.64. The Hall–Kier alpha value is -2.04. The van der Waals surface area contributed by atoms with E-state index < -0.39 is 0 Å². The van der Waals surface area contributed by atoms with Crippen molar-refractivity contribution >= 4 is 0 Å². The Bertz CT molecular complexity index is 628. The first-order valence-electron chi connectivity index (χ1n) is 8.66. The summed E-state index contributed by atoms with van der Waals surface area (Å²) in [5.41, 5.74) is 2.79. The standard InChI is InChI=1S/C22H25N/c1-3-9-20(10-4-1)11-7-8-16-23-17-14-22(15-18-23)19-21-12-5-2-6-13-21/h1-6,9-10,12-13,22H,11,14-19H2. The van der Waals surface area contributed by atoms with Gasteiger partial charge in [0, 0.05) is 6.42 Å². The van der Waals surface area contributed by atoms with Crippen LogP contribution < -0.4 is 0 Å². The van der Waals surface area contributed by atoms with Gasteiger partial charge < -0.3 is 0 Å². The molecule has 23 heavy (non-hydrogen) atoms. The normalized spacial score (nSPS) is 15.8. The molecule has 0 unspecified atom stereocenters. The molecule has 0 saturated carbocycles. The lowest BCUT2D eigenvalue weighted by atomic mass is 9.90. The van der Waals surface area contributed by atoms with Gasteiger partial charge in [0.05, 0.1) is 6.54 Å². The van der Waals surface area contributed by atoms with Crippen LogP contribution in [0, 0.1) is 17.8 Å². The topological polar surface area (TPSA) is 3.24 Å². The van der Waals surface area contributed by atoms with E-state index in [1.165, 1.54) is 43.5 Å². The first-order chi connectivity index (χ1) is 11.4. The Morgan fingerprint density at radius 3 is 2.04 bits per heavy atom. The Kier molecular flexibility index (Phi) is 5.89. The summed E-state index contributed by atoms with van der Waals surface area (Å²) in [5, 5.41) is 0. The molecule has 1 aliphatic rings. The predicted octanol–water partition coefficient (Wildman–Crippen LogP) is 4.19. The summed E-state index contributed by atoms with van der Waals surface area (Å²) in [6, 6.07) is 21.4. The van der Waals surface area contributed by atoms with Crippen molar-refractivity contribution in [1.29, 1.82) is 0 Å². The molecule has 0 amide bonds. The van der Waals surface area contributed by atoms with Gasteiger partial charge in [0.2, 0.25) is 0 Å². The van der Waals surface area contributed by atoms with Crippen molar-refractivity contribution in [3.05, 3.63) is 71.8 Å². The third kappa shape index (κ3) is 5.27. The van der Waals surface area contributed by atoms with Crippen LogP contribution in [0.1, 0.15) is 24.0 Å². The summed E-state index contributed by atoms with van der Waals surface area (Å²) >= 11 is 0. The highest BCUT2D eigenvalue weighted by Crippen LogP contribution is 2.21. The molecule has 0 N–H and O–H groups in total. The number of hydrogen-bond acceptors (Lipinski definition) is 1. The minimum absolute atomic E-state index is 0.839. The molecule has 1 aliphatic heterocycles. The fraction of sp³-hybridized carbons (Fsp3) is 0.364. The van der Waals surface area contributed by atoms with E-state index in [-0.39, 0.29) is 0 Å². The lowest BCUT2D eigenvalue weighted by molar-refractivity contribution is 0.203. The Morgan fingerprint density at radius 1 is 0.783 bits per heavy atom. The smallest absolute Gasteiger partial charge is 0.0601 e. The van der Waals surface area contributed by atoms with E-state index in [0.717, 1.165) is 18.9 Å². The van der Waals surface area contributed by atoms with E-state index in [1.54, 1.807) is 0 Å². The number of likely N-dealkylation sites (tertiary alicyclic amines) is 1. The van der Waals surface area contributed by atoms with Crippen molar-refractivity contribution in [2.45, 2.75) is 25.7 Å². The monoisotopic (exact) mass is 303 g/mol. The fourth-order valence-electron chi connectivity index (χ4n) is 3.22. The number of nitrogens with zero attached hydrogens (tertiary/aromatic N) is 1. The molecule has 0 spiro atoms. The summed E-state index contributed by atoms with van der Waals surface area (Å²) < 4.78 is 0. The average molecular weight is 303 g/mol. The number of rotatable bonds is 4. The molecule has 1 fully saturated rings. The van der Waals surface area contributed by atoms with Crippen LogP contribution in [0.3, 0.4) is 0 Å². The van der Waals surface area contributed by atoms with Crippen LogP contribution in [-0.4, -0.2) is 24.5 Å². The van der Waals surface area contributed by atoms with E-state index in [1.807, 2.05) is 0 Å². The van der Waals surface area contributed by atoms with Crippen LogP contribution in [0.25, 0.3) is 0 Å². The molecule has 0 radical (unpaired) electrons. The van der Waals surface area contributed by atoms with Crippen LogP contribution in [0.4, 0.5) is 0 Å². The van der Waals surface area contributed by atoms with Gasteiger partial charge >= 0.3 is 0 Å². The van der Waals surface area contributed by atoms with Crippen molar-refractivity contribution in [2.75, 3.05) is 19.6 Å². The zero-order chi connectivity index (χ0) is 15.7. The maximum atomic E-state index is 3.34. The lowest BCUT2D eigenvalue weighted by Crippen LogP contribution is -2.34. The maximum absolute atomic E-state index is 3.34. The largest absolute Gasteiger partial charge is 0.292 e. The second kappa shape index (κ2) is 8.56. The quantitative estimate of drug-likeness (QED) is 0.766. The minimum atomic E-state index is 0.839. The number of hydrogen-bond donors (Lipinski definition) is 0. The molecule has 1 heterocycles. The van der Waals surface area contributed by atoms with Crippen molar-refractivity contribution < 1.29 is 0 Å². The van der Waals surface area contributed by atoms with Crippen LogP contribution in [0.5, 0.6) is 0 Å². The Balaban J connectivity index is 1.38. The number of benzene rings is 2. The van der Waals surface area contributed by atoms with Gasteiger partial charge in [-0.05, 0) is 49.4 Å². The Labute approximate surface area is 140 Å². The molecule has 2 aromatic rings. The van der Waals surface area contributed by atoms with Gasteiger partial charge in [0.25, 0.3) is 0 Å². The molecule has 1 nitrogen and oxygen atoms in total. The molecule has 1 heteroatoms. The molecule has 2 aromatic carbocycles. The molecule has 0 atom stereocenters. The Morgan fingerprint density at radius 2 is 1.39 bits per heavy atom. The second-order valence-corrected chi connectivity index (χ2v) is 6.43. The average Bonchev–Trinajstić information content (AvgIpc) is 2.62.